The second kappa shape index (κ2) is 7.46. The van der Waals surface area contributed by atoms with Crippen LogP contribution < -0.4 is 0 Å². The second-order valence-corrected chi connectivity index (χ2v) is 4.67. The summed E-state index contributed by atoms with van der Waals surface area (Å²) in [6.07, 6.45) is 2.81. The van der Waals surface area contributed by atoms with Crippen molar-refractivity contribution in [2.45, 2.75) is 45.3 Å². The van der Waals surface area contributed by atoms with Crippen LogP contribution >= 0.6 is 0 Å². The predicted octanol–water partition coefficient (Wildman–Crippen LogP) is 3.23. The van der Waals surface area contributed by atoms with E-state index in [9.17, 15) is 5.11 Å². The maximum absolute atomic E-state index is 10.1. The summed E-state index contributed by atoms with van der Waals surface area (Å²) in [5.41, 5.74) is 1.02. The van der Waals surface area contributed by atoms with Crippen molar-refractivity contribution >= 4 is 0 Å². The Labute approximate surface area is 105 Å². The molecular formula is C15H25NO. The third-order valence-electron chi connectivity index (χ3n) is 3.51. The van der Waals surface area contributed by atoms with Gasteiger partial charge in [-0.2, -0.15) is 0 Å². The zero-order valence-electron chi connectivity index (χ0n) is 11.3. The van der Waals surface area contributed by atoms with E-state index < -0.39 is 0 Å². The SMILES string of the molecule is CCC(CC)N(C)CCC(O)c1ccccc1. The molecule has 1 aromatic rings. The minimum Gasteiger partial charge on any atom is -0.388 e. The molecule has 0 heterocycles. The average molecular weight is 235 g/mol. The first-order valence-corrected chi connectivity index (χ1v) is 6.62. The average Bonchev–Trinajstić information content (AvgIpc) is 2.38. The van der Waals surface area contributed by atoms with Crippen molar-refractivity contribution in [2.75, 3.05) is 13.6 Å². The monoisotopic (exact) mass is 235 g/mol. The molecule has 0 spiro atoms. The molecule has 0 aliphatic heterocycles. The highest BCUT2D eigenvalue weighted by atomic mass is 16.3. The van der Waals surface area contributed by atoms with Crippen LogP contribution in [0.15, 0.2) is 30.3 Å². The third kappa shape index (κ3) is 4.49. The lowest BCUT2D eigenvalue weighted by Crippen LogP contribution is -2.32. The van der Waals surface area contributed by atoms with Gasteiger partial charge < -0.3 is 10.0 Å². The Balaban J connectivity index is 2.40. The molecule has 1 unspecified atom stereocenters. The van der Waals surface area contributed by atoms with Crippen LogP contribution in [0.3, 0.4) is 0 Å². The molecule has 0 aliphatic rings. The van der Waals surface area contributed by atoms with Gasteiger partial charge in [-0.25, -0.2) is 0 Å². The van der Waals surface area contributed by atoms with E-state index >= 15 is 0 Å². The standard InChI is InChI=1S/C15H25NO/c1-4-14(5-2)16(3)12-11-15(17)13-9-7-6-8-10-13/h6-10,14-15,17H,4-5,11-12H2,1-3H3. The Hall–Kier alpha value is -0.860. The van der Waals surface area contributed by atoms with Crippen LogP contribution in [0.2, 0.25) is 0 Å². The van der Waals surface area contributed by atoms with E-state index in [4.69, 9.17) is 0 Å². The first-order valence-electron chi connectivity index (χ1n) is 6.62. The molecule has 0 aromatic heterocycles. The fourth-order valence-corrected chi connectivity index (χ4v) is 2.26. The molecule has 0 aliphatic carbocycles. The van der Waals surface area contributed by atoms with Gasteiger partial charge in [-0.05, 0) is 31.9 Å². The Morgan fingerprint density at radius 1 is 1.12 bits per heavy atom. The van der Waals surface area contributed by atoms with Gasteiger partial charge >= 0.3 is 0 Å². The van der Waals surface area contributed by atoms with Crippen molar-refractivity contribution in [2.24, 2.45) is 0 Å². The molecule has 0 saturated carbocycles. The molecule has 1 rings (SSSR count). The van der Waals surface area contributed by atoms with Crippen LogP contribution in [-0.2, 0) is 0 Å². The molecule has 2 nitrogen and oxygen atoms in total. The number of rotatable bonds is 7. The minimum atomic E-state index is -0.340. The fraction of sp³-hybridized carbons (Fsp3) is 0.600. The lowest BCUT2D eigenvalue weighted by molar-refractivity contribution is 0.134. The lowest BCUT2D eigenvalue weighted by Gasteiger charge is -2.27. The highest BCUT2D eigenvalue weighted by Gasteiger charge is 2.13. The molecule has 0 radical (unpaired) electrons. The van der Waals surface area contributed by atoms with Gasteiger partial charge in [0, 0.05) is 12.6 Å². The Bertz CT molecular complexity index is 295. The molecule has 1 aromatic carbocycles. The van der Waals surface area contributed by atoms with E-state index in [0.29, 0.717) is 6.04 Å². The predicted molar refractivity (Wildman–Crippen MR) is 73.0 cm³/mol. The van der Waals surface area contributed by atoms with E-state index in [1.54, 1.807) is 0 Å². The highest BCUT2D eigenvalue weighted by molar-refractivity contribution is 5.17. The van der Waals surface area contributed by atoms with Gasteiger partial charge in [0.15, 0.2) is 0 Å². The highest BCUT2D eigenvalue weighted by Crippen LogP contribution is 2.17. The molecule has 1 atom stereocenters. The largest absolute Gasteiger partial charge is 0.388 e. The minimum absolute atomic E-state index is 0.340. The topological polar surface area (TPSA) is 23.5 Å². The van der Waals surface area contributed by atoms with Gasteiger partial charge in [0.25, 0.3) is 0 Å². The number of aliphatic hydroxyl groups is 1. The van der Waals surface area contributed by atoms with Gasteiger partial charge in [0.1, 0.15) is 0 Å². The van der Waals surface area contributed by atoms with E-state index in [2.05, 4.69) is 25.8 Å². The quantitative estimate of drug-likeness (QED) is 0.784. The summed E-state index contributed by atoms with van der Waals surface area (Å²) in [6.45, 7) is 5.39. The van der Waals surface area contributed by atoms with Crippen LogP contribution in [0.4, 0.5) is 0 Å². The normalized spacial score (nSPS) is 13.3. The van der Waals surface area contributed by atoms with E-state index in [0.717, 1.165) is 18.5 Å². The summed E-state index contributed by atoms with van der Waals surface area (Å²) < 4.78 is 0. The van der Waals surface area contributed by atoms with Gasteiger partial charge in [-0.3, -0.25) is 0 Å². The molecule has 17 heavy (non-hydrogen) atoms. The van der Waals surface area contributed by atoms with E-state index in [1.165, 1.54) is 12.8 Å². The lowest BCUT2D eigenvalue weighted by atomic mass is 10.1. The molecule has 0 amide bonds. The number of hydrogen-bond acceptors (Lipinski definition) is 2. The van der Waals surface area contributed by atoms with Gasteiger partial charge in [-0.1, -0.05) is 44.2 Å². The smallest absolute Gasteiger partial charge is 0.0802 e. The summed E-state index contributed by atoms with van der Waals surface area (Å²) in [5, 5.41) is 10.1. The summed E-state index contributed by atoms with van der Waals surface area (Å²) in [7, 11) is 2.15. The van der Waals surface area contributed by atoms with E-state index in [1.807, 2.05) is 30.3 Å². The van der Waals surface area contributed by atoms with Crippen LogP contribution in [0, 0.1) is 0 Å². The van der Waals surface area contributed by atoms with Crippen molar-refractivity contribution in [1.82, 2.24) is 4.90 Å². The summed E-state index contributed by atoms with van der Waals surface area (Å²) in [4.78, 5) is 2.35. The number of hydrogen-bond donors (Lipinski definition) is 1. The third-order valence-corrected chi connectivity index (χ3v) is 3.51. The number of aliphatic hydroxyl groups excluding tert-OH is 1. The van der Waals surface area contributed by atoms with Gasteiger partial charge in [0.05, 0.1) is 6.10 Å². The molecule has 96 valence electrons. The molecule has 1 N–H and O–H groups in total. The fourth-order valence-electron chi connectivity index (χ4n) is 2.26. The van der Waals surface area contributed by atoms with Crippen molar-refractivity contribution in [3.05, 3.63) is 35.9 Å². The number of benzene rings is 1. The van der Waals surface area contributed by atoms with Crippen molar-refractivity contribution in [3.63, 3.8) is 0 Å². The van der Waals surface area contributed by atoms with Crippen LogP contribution in [0.1, 0.15) is 44.8 Å². The van der Waals surface area contributed by atoms with E-state index in [-0.39, 0.29) is 6.10 Å². The molecule has 0 bridgehead atoms. The summed E-state index contributed by atoms with van der Waals surface area (Å²) >= 11 is 0. The molecular weight excluding hydrogens is 210 g/mol. The second-order valence-electron chi connectivity index (χ2n) is 4.67. The molecule has 0 saturated heterocycles. The maximum atomic E-state index is 10.1. The molecule has 0 fully saturated rings. The van der Waals surface area contributed by atoms with Crippen LogP contribution in [0.5, 0.6) is 0 Å². The Morgan fingerprint density at radius 2 is 1.71 bits per heavy atom. The number of nitrogens with zero attached hydrogens (tertiary/aromatic N) is 1. The molecule has 2 heteroatoms. The summed E-state index contributed by atoms with van der Waals surface area (Å²) in [5.74, 6) is 0. The van der Waals surface area contributed by atoms with Crippen molar-refractivity contribution < 1.29 is 5.11 Å². The first kappa shape index (κ1) is 14.2. The Kier molecular flexibility index (Phi) is 6.23. The van der Waals surface area contributed by atoms with Gasteiger partial charge in [0.2, 0.25) is 0 Å². The van der Waals surface area contributed by atoms with Crippen molar-refractivity contribution in [1.29, 1.82) is 0 Å². The van der Waals surface area contributed by atoms with Crippen LogP contribution in [-0.4, -0.2) is 29.6 Å². The first-order chi connectivity index (χ1) is 8.19. The van der Waals surface area contributed by atoms with Crippen molar-refractivity contribution in [3.8, 4) is 0 Å². The Morgan fingerprint density at radius 3 is 2.24 bits per heavy atom. The van der Waals surface area contributed by atoms with Gasteiger partial charge in [-0.15, -0.1) is 0 Å². The zero-order valence-corrected chi connectivity index (χ0v) is 11.3. The maximum Gasteiger partial charge on any atom is 0.0802 e. The van der Waals surface area contributed by atoms with Crippen LogP contribution in [0.25, 0.3) is 0 Å². The zero-order chi connectivity index (χ0) is 12.7. The summed E-state index contributed by atoms with van der Waals surface area (Å²) in [6, 6.07) is 10.5.